The minimum Gasteiger partial charge on any atom is -0.305 e. The van der Waals surface area contributed by atoms with Gasteiger partial charge in [-0.3, -0.25) is 14.5 Å². The molecule has 3 heterocycles. The molecule has 0 radical (unpaired) electrons. The van der Waals surface area contributed by atoms with E-state index >= 15 is 0 Å². The predicted octanol–water partition coefficient (Wildman–Crippen LogP) is 5.53. The monoisotopic (exact) mass is 428 g/mol. The molecule has 0 saturated heterocycles. The number of aryl methyl sites for hydroxylation is 1. The Morgan fingerprint density at radius 3 is 2.58 bits per heavy atom. The number of benzene rings is 1. The highest BCUT2D eigenvalue weighted by Gasteiger charge is 2.35. The molecule has 0 bridgehead atoms. The van der Waals surface area contributed by atoms with Gasteiger partial charge in [-0.2, -0.15) is 18.3 Å². The van der Waals surface area contributed by atoms with Gasteiger partial charge in [0.2, 0.25) is 0 Å². The van der Waals surface area contributed by atoms with E-state index in [2.05, 4.69) is 17.0 Å². The Morgan fingerprint density at radius 2 is 1.90 bits per heavy atom. The van der Waals surface area contributed by atoms with Crippen LogP contribution in [0.1, 0.15) is 54.5 Å². The number of anilines is 1. The van der Waals surface area contributed by atoms with Gasteiger partial charge < -0.3 is 4.90 Å². The molecule has 1 amide bonds. The van der Waals surface area contributed by atoms with Crippen LogP contribution in [0, 0.1) is 0 Å². The first-order valence-corrected chi connectivity index (χ1v) is 10.3. The molecule has 1 aromatic carbocycles. The molecular weight excluding hydrogens is 405 g/mol. The highest BCUT2D eigenvalue weighted by atomic mass is 19.4. The molecule has 0 saturated carbocycles. The highest BCUT2D eigenvalue weighted by molar-refractivity contribution is 6.09. The van der Waals surface area contributed by atoms with E-state index in [1.54, 1.807) is 17.1 Å². The third kappa shape index (κ3) is 4.06. The molecule has 0 fully saturated rings. The van der Waals surface area contributed by atoms with Gasteiger partial charge in [0.1, 0.15) is 5.69 Å². The number of rotatable bonds is 5. The Morgan fingerprint density at radius 1 is 1.16 bits per heavy atom. The van der Waals surface area contributed by atoms with Crippen molar-refractivity contribution in [2.75, 3.05) is 11.4 Å². The second kappa shape index (κ2) is 8.17. The summed E-state index contributed by atoms with van der Waals surface area (Å²) in [6.07, 6.45) is 1.94. The minimum absolute atomic E-state index is 0.120. The summed E-state index contributed by atoms with van der Waals surface area (Å²) in [5.74, 6) is -0.280. The van der Waals surface area contributed by atoms with Gasteiger partial charge in [-0.25, -0.2) is 0 Å². The van der Waals surface area contributed by atoms with Gasteiger partial charge in [0.15, 0.2) is 0 Å². The third-order valence-corrected chi connectivity index (χ3v) is 5.53. The lowest BCUT2D eigenvalue weighted by Gasteiger charge is -2.32. The first-order valence-electron chi connectivity index (χ1n) is 10.3. The number of fused-ring (bicyclic) bond motifs is 1. The van der Waals surface area contributed by atoms with Crippen LogP contribution in [0.5, 0.6) is 0 Å². The molecule has 1 atom stereocenters. The fraction of sp³-hybridized carbons (Fsp3) is 0.348. The fourth-order valence-electron chi connectivity index (χ4n) is 3.87. The Bertz CT molecular complexity index is 1090. The molecule has 0 aliphatic carbocycles. The van der Waals surface area contributed by atoms with Gasteiger partial charge in [-0.15, -0.1) is 0 Å². The third-order valence-electron chi connectivity index (χ3n) is 5.53. The van der Waals surface area contributed by atoms with E-state index < -0.39 is 11.7 Å². The summed E-state index contributed by atoms with van der Waals surface area (Å²) < 4.78 is 40.4. The molecule has 4 rings (SSSR count). The zero-order chi connectivity index (χ0) is 22.2. The number of unbranched alkanes of at least 4 members (excludes halogenated alkanes) is 1. The van der Waals surface area contributed by atoms with Crippen LogP contribution < -0.4 is 4.90 Å². The standard InChI is InChI=1S/C23H23F3N4O/c1-3-4-5-18-12-16(10-11-27-18)20-13-28-30-15(2)14-29(22(31)21(20)30)19-8-6-17(7-9-19)23(24,25)26/h6-13,15H,3-5,14H2,1-2H3/t15-/m0/s1. The number of alkyl halides is 3. The molecule has 8 heteroatoms. The van der Waals surface area contributed by atoms with Gasteiger partial charge >= 0.3 is 6.18 Å². The summed E-state index contributed by atoms with van der Waals surface area (Å²) in [4.78, 5) is 19.3. The van der Waals surface area contributed by atoms with E-state index in [9.17, 15) is 18.0 Å². The summed E-state index contributed by atoms with van der Waals surface area (Å²) in [6.45, 7) is 4.38. The molecule has 162 valence electrons. The number of halogens is 3. The number of pyridine rings is 1. The molecule has 31 heavy (non-hydrogen) atoms. The van der Waals surface area contributed by atoms with E-state index in [0.29, 0.717) is 23.5 Å². The molecule has 2 aromatic heterocycles. The van der Waals surface area contributed by atoms with Gasteiger partial charge in [0, 0.05) is 29.7 Å². The maximum Gasteiger partial charge on any atom is 0.416 e. The average molecular weight is 428 g/mol. The number of carbonyl (C=O) groups excluding carboxylic acids is 1. The van der Waals surface area contributed by atoms with Crippen molar-refractivity contribution in [1.29, 1.82) is 0 Å². The van der Waals surface area contributed by atoms with E-state index in [1.165, 1.54) is 17.0 Å². The molecular formula is C23H23F3N4O. The van der Waals surface area contributed by atoms with Crippen molar-refractivity contribution in [2.45, 2.75) is 45.3 Å². The van der Waals surface area contributed by atoms with E-state index in [-0.39, 0.29) is 11.9 Å². The Kier molecular flexibility index (Phi) is 5.56. The lowest BCUT2D eigenvalue weighted by molar-refractivity contribution is -0.137. The lowest BCUT2D eigenvalue weighted by Crippen LogP contribution is -2.42. The van der Waals surface area contributed by atoms with E-state index in [1.807, 2.05) is 19.1 Å². The van der Waals surface area contributed by atoms with Gasteiger partial charge in [0.25, 0.3) is 5.91 Å². The Labute approximate surface area is 178 Å². The lowest BCUT2D eigenvalue weighted by atomic mass is 10.0. The average Bonchev–Trinajstić information content (AvgIpc) is 3.21. The Balaban J connectivity index is 1.69. The van der Waals surface area contributed by atoms with Crippen molar-refractivity contribution in [3.05, 3.63) is 65.7 Å². The largest absolute Gasteiger partial charge is 0.416 e. The number of hydrogen-bond donors (Lipinski definition) is 0. The maximum atomic E-state index is 13.4. The van der Waals surface area contributed by atoms with Crippen LogP contribution >= 0.6 is 0 Å². The predicted molar refractivity (Wildman–Crippen MR) is 112 cm³/mol. The second-order valence-electron chi connectivity index (χ2n) is 7.80. The normalized spacial score (nSPS) is 16.5. The smallest absolute Gasteiger partial charge is 0.305 e. The van der Waals surface area contributed by atoms with Crippen molar-refractivity contribution in [3.63, 3.8) is 0 Å². The fourth-order valence-corrected chi connectivity index (χ4v) is 3.87. The number of hydrogen-bond acceptors (Lipinski definition) is 3. The van der Waals surface area contributed by atoms with Crippen LogP contribution in [-0.4, -0.2) is 27.2 Å². The molecule has 0 unspecified atom stereocenters. The van der Waals surface area contributed by atoms with Crippen molar-refractivity contribution in [1.82, 2.24) is 14.8 Å². The SMILES string of the molecule is CCCCc1cc(-c2cnn3c2C(=O)N(c2ccc(C(F)(F)F)cc2)C[C@@H]3C)ccn1. The molecule has 3 aromatic rings. The summed E-state index contributed by atoms with van der Waals surface area (Å²) in [5.41, 5.74) is 2.64. The molecule has 1 aliphatic rings. The second-order valence-corrected chi connectivity index (χ2v) is 7.80. The zero-order valence-corrected chi connectivity index (χ0v) is 17.4. The first kappa shape index (κ1) is 21.1. The number of carbonyl (C=O) groups is 1. The van der Waals surface area contributed by atoms with Gasteiger partial charge in [-0.1, -0.05) is 13.3 Å². The van der Waals surface area contributed by atoms with Crippen molar-refractivity contribution >= 4 is 11.6 Å². The Hall–Kier alpha value is -3.16. The summed E-state index contributed by atoms with van der Waals surface area (Å²) in [7, 11) is 0. The quantitative estimate of drug-likeness (QED) is 0.537. The van der Waals surface area contributed by atoms with Crippen LogP contribution in [0.4, 0.5) is 18.9 Å². The summed E-state index contributed by atoms with van der Waals surface area (Å²) in [6, 6.07) is 8.39. The highest BCUT2D eigenvalue weighted by Crippen LogP contribution is 2.35. The molecule has 0 N–H and O–H groups in total. The van der Waals surface area contributed by atoms with Crippen LogP contribution in [0.25, 0.3) is 11.1 Å². The summed E-state index contributed by atoms with van der Waals surface area (Å²) >= 11 is 0. The van der Waals surface area contributed by atoms with Crippen molar-refractivity contribution in [2.24, 2.45) is 0 Å². The first-order chi connectivity index (χ1) is 14.8. The number of amides is 1. The van der Waals surface area contributed by atoms with Crippen molar-refractivity contribution < 1.29 is 18.0 Å². The van der Waals surface area contributed by atoms with Crippen LogP contribution in [0.15, 0.2) is 48.8 Å². The molecule has 5 nitrogen and oxygen atoms in total. The van der Waals surface area contributed by atoms with Gasteiger partial charge in [0.05, 0.1) is 17.8 Å². The topological polar surface area (TPSA) is 51.0 Å². The van der Waals surface area contributed by atoms with Gasteiger partial charge in [-0.05, 0) is 61.7 Å². The van der Waals surface area contributed by atoms with Crippen LogP contribution in [-0.2, 0) is 12.6 Å². The number of aromatic nitrogens is 3. The number of nitrogens with zero attached hydrogens (tertiary/aromatic N) is 4. The summed E-state index contributed by atoms with van der Waals surface area (Å²) in [5, 5.41) is 4.43. The van der Waals surface area contributed by atoms with E-state index in [0.717, 1.165) is 42.7 Å². The van der Waals surface area contributed by atoms with Crippen LogP contribution in [0.3, 0.4) is 0 Å². The van der Waals surface area contributed by atoms with Crippen molar-refractivity contribution in [3.8, 4) is 11.1 Å². The molecule has 1 aliphatic heterocycles. The molecule has 0 spiro atoms. The van der Waals surface area contributed by atoms with Crippen LogP contribution in [0.2, 0.25) is 0 Å². The maximum absolute atomic E-state index is 13.4. The zero-order valence-electron chi connectivity index (χ0n) is 17.4. The minimum atomic E-state index is -4.42. The van der Waals surface area contributed by atoms with E-state index in [4.69, 9.17) is 0 Å².